The van der Waals surface area contributed by atoms with Gasteiger partial charge in [-0.2, -0.15) is 0 Å². The van der Waals surface area contributed by atoms with Crippen LogP contribution in [0.4, 0.5) is 0 Å². The van der Waals surface area contributed by atoms with Gasteiger partial charge in [0, 0.05) is 12.3 Å². The van der Waals surface area contributed by atoms with E-state index >= 15 is 0 Å². The average molecular weight is 145 g/mol. The molecule has 0 N–H and O–H groups in total. The van der Waals surface area contributed by atoms with Crippen LogP contribution in [0.25, 0.3) is 0 Å². The van der Waals surface area contributed by atoms with Gasteiger partial charge in [0.25, 0.3) is 0 Å². The second-order valence-electron chi connectivity index (χ2n) is 2.33. The van der Waals surface area contributed by atoms with Crippen molar-refractivity contribution in [1.29, 1.82) is 0 Å². The Bertz CT molecular complexity index is 91.2. The van der Waals surface area contributed by atoms with Crippen molar-refractivity contribution in [3.63, 3.8) is 0 Å². The SMILES string of the molecule is C#CCCC(C)CCCl. The molecule has 9 heavy (non-hydrogen) atoms. The molecule has 1 heteroatoms. The van der Waals surface area contributed by atoms with Crippen LogP contribution >= 0.6 is 11.6 Å². The largest absolute Gasteiger partial charge is 0.127 e. The van der Waals surface area contributed by atoms with E-state index in [1.54, 1.807) is 0 Å². The lowest BCUT2D eigenvalue weighted by Crippen LogP contribution is -1.93. The molecule has 0 aromatic rings. The highest BCUT2D eigenvalue weighted by Crippen LogP contribution is 2.09. The van der Waals surface area contributed by atoms with E-state index in [4.69, 9.17) is 18.0 Å². The monoisotopic (exact) mass is 144 g/mol. The molecule has 0 fully saturated rings. The van der Waals surface area contributed by atoms with Crippen LogP contribution in [0, 0.1) is 18.3 Å². The second-order valence-corrected chi connectivity index (χ2v) is 2.70. The average Bonchev–Trinajstić information content (AvgIpc) is 1.85. The summed E-state index contributed by atoms with van der Waals surface area (Å²) < 4.78 is 0. The van der Waals surface area contributed by atoms with E-state index in [2.05, 4.69) is 12.8 Å². The molecule has 0 spiro atoms. The highest BCUT2D eigenvalue weighted by Gasteiger charge is 1.97. The number of alkyl halides is 1. The first-order valence-electron chi connectivity index (χ1n) is 3.30. The van der Waals surface area contributed by atoms with E-state index in [1.165, 1.54) is 0 Å². The summed E-state index contributed by atoms with van der Waals surface area (Å²) in [5, 5.41) is 0. The molecule has 0 aromatic carbocycles. The highest BCUT2D eigenvalue weighted by atomic mass is 35.5. The summed E-state index contributed by atoms with van der Waals surface area (Å²) in [5.41, 5.74) is 0. The fraction of sp³-hybridized carbons (Fsp3) is 0.750. The first-order chi connectivity index (χ1) is 4.31. The molecule has 0 aliphatic rings. The standard InChI is InChI=1S/C8H13Cl/c1-3-4-5-8(2)6-7-9/h1,8H,4-7H2,2H3. The Morgan fingerprint density at radius 3 is 2.67 bits per heavy atom. The maximum Gasteiger partial charge on any atom is 0.0225 e. The van der Waals surface area contributed by atoms with Gasteiger partial charge in [-0.15, -0.1) is 23.9 Å². The Labute approximate surface area is 62.6 Å². The summed E-state index contributed by atoms with van der Waals surface area (Å²) in [5.74, 6) is 4.06. The number of rotatable bonds is 4. The third kappa shape index (κ3) is 5.73. The van der Waals surface area contributed by atoms with Crippen LogP contribution in [0.2, 0.25) is 0 Å². The third-order valence-electron chi connectivity index (χ3n) is 1.38. The predicted molar refractivity (Wildman–Crippen MR) is 42.6 cm³/mol. The predicted octanol–water partition coefficient (Wildman–Crippen LogP) is 2.66. The molecule has 0 aromatic heterocycles. The van der Waals surface area contributed by atoms with Crippen molar-refractivity contribution in [2.45, 2.75) is 26.2 Å². The van der Waals surface area contributed by atoms with Crippen LogP contribution in [0.15, 0.2) is 0 Å². The summed E-state index contributed by atoms with van der Waals surface area (Å²) in [4.78, 5) is 0. The first-order valence-corrected chi connectivity index (χ1v) is 3.84. The van der Waals surface area contributed by atoms with Crippen molar-refractivity contribution in [3.05, 3.63) is 0 Å². The summed E-state index contributed by atoms with van der Waals surface area (Å²) in [7, 11) is 0. The van der Waals surface area contributed by atoms with Crippen molar-refractivity contribution in [3.8, 4) is 12.3 Å². The number of hydrogen-bond donors (Lipinski definition) is 0. The Kier molecular flexibility index (Phi) is 5.88. The summed E-state index contributed by atoms with van der Waals surface area (Å²) in [6, 6.07) is 0. The third-order valence-corrected chi connectivity index (χ3v) is 1.60. The van der Waals surface area contributed by atoms with E-state index < -0.39 is 0 Å². The lowest BCUT2D eigenvalue weighted by Gasteiger charge is -2.04. The maximum absolute atomic E-state index is 5.52. The van der Waals surface area contributed by atoms with E-state index in [1.807, 2.05) is 0 Å². The Balaban J connectivity index is 3.07. The highest BCUT2D eigenvalue weighted by molar-refractivity contribution is 6.17. The lowest BCUT2D eigenvalue weighted by molar-refractivity contribution is 0.528. The minimum atomic E-state index is 0.693. The molecule has 52 valence electrons. The molecule has 1 unspecified atom stereocenters. The van der Waals surface area contributed by atoms with Crippen LogP contribution in [0.3, 0.4) is 0 Å². The molecule has 0 amide bonds. The molecule has 0 rings (SSSR count). The molecule has 0 heterocycles. The zero-order valence-electron chi connectivity index (χ0n) is 5.86. The number of terminal acetylenes is 1. The zero-order valence-corrected chi connectivity index (χ0v) is 6.62. The van der Waals surface area contributed by atoms with Gasteiger partial charge >= 0.3 is 0 Å². The molecule has 0 aliphatic carbocycles. The van der Waals surface area contributed by atoms with Gasteiger partial charge < -0.3 is 0 Å². The Morgan fingerprint density at radius 2 is 2.22 bits per heavy atom. The fourth-order valence-corrected chi connectivity index (χ4v) is 1.03. The van der Waals surface area contributed by atoms with Crippen molar-refractivity contribution in [2.24, 2.45) is 5.92 Å². The topological polar surface area (TPSA) is 0 Å². The molecular formula is C8H13Cl. The van der Waals surface area contributed by atoms with Crippen LogP contribution in [0.5, 0.6) is 0 Å². The van der Waals surface area contributed by atoms with Gasteiger partial charge in [0.05, 0.1) is 0 Å². The first kappa shape index (κ1) is 8.85. The smallest absolute Gasteiger partial charge is 0.0225 e. The maximum atomic E-state index is 5.52. The molecule has 0 radical (unpaired) electrons. The van der Waals surface area contributed by atoms with Crippen LogP contribution in [-0.4, -0.2) is 5.88 Å². The number of hydrogen-bond acceptors (Lipinski definition) is 0. The van der Waals surface area contributed by atoms with Gasteiger partial charge in [-0.3, -0.25) is 0 Å². The summed E-state index contributed by atoms with van der Waals surface area (Å²) in [6.07, 6.45) is 8.18. The van der Waals surface area contributed by atoms with E-state index in [-0.39, 0.29) is 0 Å². The minimum absolute atomic E-state index is 0.693. The Hall–Kier alpha value is -0.150. The molecule has 1 atom stereocenters. The van der Waals surface area contributed by atoms with Crippen molar-refractivity contribution in [1.82, 2.24) is 0 Å². The molecule has 0 nitrogen and oxygen atoms in total. The van der Waals surface area contributed by atoms with Gasteiger partial charge in [0.1, 0.15) is 0 Å². The summed E-state index contributed by atoms with van der Waals surface area (Å²) in [6.45, 7) is 2.18. The molecule has 0 saturated carbocycles. The van der Waals surface area contributed by atoms with Gasteiger partial charge in [-0.1, -0.05) is 6.92 Å². The van der Waals surface area contributed by atoms with Gasteiger partial charge in [-0.25, -0.2) is 0 Å². The van der Waals surface area contributed by atoms with E-state index in [0.29, 0.717) is 5.92 Å². The zero-order chi connectivity index (χ0) is 7.11. The van der Waals surface area contributed by atoms with Crippen LogP contribution in [-0.2, 0) is 0 Å². The van der Waals surface area contributed by atoms with Gasteiger partial charge in [0.15, 0.2) is 0 Å². The number of halogens is 1. The van der Waals surface area contributed by atoms with Crippen LogP contribution < -0.4 is 0 Å². The minimum Gasteiger partial charge on any atom is -0.127 e. The normalized spacial score (nSPS) is 12.6. The van der Waals surface area contributed by atoms with E-state index in [0.717, 1.165) is 25.1 Å². The summed E-state index contributed by atoms with van der Waals surface area (Å²) >= 11 is 5.52. The van der Waals surface area contributed by atoms with Crippen molar-refractivity contribution < 1.29 is 0 Å². The van der Waals surface area contributed by atoms with Crippen molar-refractivity contribution in [2.75, 3.05) is 5.88 Å². The molecule has 0 saturated heterocycles. The lowest BCUT2D eigenvalue weighted by atomic mass is 10.0. The van der Waals surface area contributed by atoms with Crippen LogP contribution in [0.1, 0.15) is 26.2 Å². The molecule has 0 bridgehead atoms. The molecular weight excluding hydrogens is 132 g/mol. The Morgan fingerprint density at radius 1 is 1.56 bits per heavy atom. The molecule has 0 aliphatic heterocycles. The van der Waals surface area contributed by atoms with E-state index in [9.17, 15) is 0 Å². The second kappa shape index (κ2) is 5.98. The van der Waals surface area contributed by atoms with Gasteiger partial charge in [-0.05, 0) is 18.8 Å². The van der Waals surface area contributed by atoms with Crippen molar-refractivity contribution >= 4 is 11.6 Å². The van der Waals surface area contributed by atoms with Gasteiger partial charge in [0.2, 0.25) is 0 Å². The fourth-order valence-electron chi connectivity index (χ4n) is 0.660. The quantitative estimate of drug-likeness (QED) is 0.421.